The van der Waals surface area contributed by atoms with E-state index in [-0.39, 0.29) is 52.3 Å². The topological polar surface area (TPSA) is 189 Å². The second-order valence-electron chi connectivity index (χ2n) is 0. The van der Waals surface area contributed by atoms with Crippen LogP contribution >= 0.6 is 0 Å². The van der Waals surface area contributed by atoms with Crippen LogP contribution in [0.2, 0.25) is 0 Å². The summed E-state index contributed by atoms with van der Waals surface area (Å²) in [5, 5.41) is 0. The third-order valence-electron chi connectivity index (χ3n) is 0. The molecule has 0 bridgehead atoms. The quantitative estimate of drug-likeness (QED) is 0.347. The van der Waals surface area contributed by atoms with E-state index in [1.807, 2.05) is 0 Å². The largest absolute Gasteiger partial charge is 0.412 e. The van der Waals surface area contributed by atoms with Crippen LogP contribution in [-0.4, -0.2) is 32.9 Å². The molecule has 0 aliphatic heterocycles. The first-order valence-corrected chi connectivity index (χ1v) is 0. The van der Waals surface area contributed by atoms with E-state index >= 15 is 0 Å². The van der Waals surface area contributed by atoms with Gasteiger partial charge in [-0.15, -0.1) is 0 Å². The van der Waals surface area contributed by atoms with Gasteiger partial charge in [-0.25, -0.2) is 0 Å². The van der Waals surface area contributed by atoms with Crippen LogP contribution in [0.5, 0.6) is 0 Å². The maximum atomic E-state index is 0. The third kappa shape index (κ3) is 834. The molecule has 0 aromatic carbocycles. The van der Waals surface area contributed by atoms with Crippen molar-refractivity contribution in [3.8, 4) is 0 Å². The number of rotatable bonds is 0. The van der Waals surface area contributed by atoms with Crippen molar-refractivity contribution in [2.24, 2.45) is 0 Å². The number of hydrogen-bond donors (Lipinski definition) is 0. The van der Waals surface area contributed by atoms with Gasteiger partial charge in [-0.05, 0) is 0 Å². The van der Waals surface area contributed by atoms with Crippen molar-refractivity contribution < 1.29 is 52.3 Å². The molecule has 0 atom stereocenters. The molecule has 7 heteroatoms. The molecule has 0 aromatic heterocycles. The minimum Gasteiger partial charge on any atom is -0.412 e. The molecular weight excluding hydrogens is 199 g/mol. The molecule has 12 N–H and O–H groups in total. The average molecular weight is 211 g/mol. The van der Waals surface area contributed by atoms with Gasteiger partial charge in [-0.3, -0.25) is 0 Å². The Bertz CT molecular complexity index is 4.14. The van der Waals surface area contributed by atoms with Crippen LogP contribution in [-0.2, 0) is 19.5 Å². The molecule has 0 spiro atoms. The Morgan fingerprint density at radius 1 is 0.286 bits per heavy atom. The predicted octanol–water partition coefficient (Wildman–Crippen LogP) is -4.95. The smallest absolute Gasteiger partial charge is 0 e. The summed E-state index contributed by atoms with van der Waals surface area (Å²) in [6, 6.07) is 0. The minimum absolute atomic E-state index is 0. The second kappa shape index (κ2) is 1260. The SMILES string of the molecule is O.O.O.O.O.O.[Rh]. The van der Waals surface area contributed by atoms with E-state index in [9.17, 15) is 0 Å². The third-order valence-corrected chi connectivity index (χ3v) is 0. The molecule has 0 aliphatic rings. The van der Waals surface area contributed by atoms with Gasteiger partial charge in [-0.1, -0.05) is 0 Å². The zero-order valence-corrected chi connectivity index (χ0v) is 4.97. The maximum Gasteiger partial charge on any atom is 0 e. The van der Waals surface area contributed by atoms with E-state index in [2.05, 4.69) is 0 Å². The van der Waals surface area contributed by atoms with Crippen LogP contribution < -0.4 is 0 Å². The Hall–Kier alpha value is 0.383. The van der Waals surface area contributed by atoms with Gasteiger partial charge in [-0.2, -0.15) is 0 Å². The van der Waals surface area contributed by atoms with Crippen LogP contribution in [0.1, 0.15) is 0 Å². The maximum absolute atomic E-state index is 0. The van der Waals surface area contributed by atoms with E-state index in [4.69, 9.17) is 0 Å². The van der Waals surface area contributed by atoms with Crippen LogP contribution in [0.3, 0.4) is 0 Å². The second-order valence-corrected chi connectivity index (χ2v) is 0. The zero-order valence-electron chi connectivity index (χ0n) is 3.33. The van der Waals surface area contributed by atoms with Gasteiger partial charge in [0.15, 0.2) is 0 Å². The first-order valence-electron chi connectivity index (χ1n) is 0. The molecule has 0 unspecified atom stereocenters. The summed E-state index contributed by atoms with van der Waals surface area (Å²) in [6.07, 6.45) is 0. The molecular formula is H12O6Rh. The Morgan fingerprint density at radius 3 is 0.286 bits per heavy atom. The standard InChI is InChI=1S/6H2O.Rh/h6*1H2;. The fourth-order valence-electron chi connectivity index (χ4n) is 0. The van der Waals surface area contributed by atoms with E-state index in [1.54, 1.807) is 0 Å². The Balaban J connectivity index is 0. The monoisotopic (exact) mass is 211 g/mol. The van der Waals surface area contributed by atoms with E-state index in [0.29, 0.717) is 0 Å². The van der Waals surface area contributed by atoms with Crippen molar-refractivity contribution in [1.29, 1.82) is 0 Å². The first-order chi connectivity index (χ1) is 0. The summed E-state index contributed by atoms with van der Waals surface area (Å²) < 4.78 is 0. The predicted molar refractivity (Wildman–Crippen MR) is 21.7 cm³/mol. The van der Waals surface area contributed by atoms with Gasteiger partial charge in [0.2, 0.25) is 0 Å². The fourth-order valence-corrected chi connectivity index (χ4v) is 0. The molecule has 0 fully saturated rings. The van der Waals surface area contributed by atoms with Crippen molar-refractivity contribution >= 4 is 0 Å². The molecule has 1 radical (unpaired) electrons. The molecule has 6 nitrogen and oxygen atoms in total. The Labute approximate surface area is 53.1 Å². The molecule has 57 valence electrons. The van der Waals surface area contributed by atoms with Gasteiger partial charge in [0.25, 0.3) is 0 Å². The zero-order chi connectivity index (χ0) is 0. The van der Waals surface area contributed by atoms with Gasteiger partial charge >= 0.3 is 0 Å². The molecule has 0 aliphatic carbocycles. The average Bonchev–Trinajstić information content (AvgIpc) is 0. The van der Waals surface area contributed by atoms with Crippen LogP contribution in [0.15, 0.2) is 0 Å². The minimum atomic E-state index is 0. The van der Waals surface area contributed by atoms with Gasteiger partial charge < -0.3 is 32.9 Å². The van der Waals surface area contributed by atoms with Crippen molar-refractivity contribution in [2.45, 2.75) is 0 Å². The van der Waals surface area contributed by atoms with E-state index in [0.717, 1.165) is 0 Å². The van der Waals surface area contributed by atoms with Gasteiger partial charge in [0.05, 0.1) is 0 Å². The molecule has 0 saturated carbocycles. The molecule has 0 saturated heterocycles. The van der Waals surface area contributed by atoms with Crippen LogP contribution in [0, 0.1) is 0 Å². The first kappa shape index (κ1) is 2050. The summed E-state index contributed by atoms with van der Waals surface area (Å²) in [6.45, 7) is 0. The molecule has 0 aromatic rings. The van der Waals surface area contributed by atoms with E-state index in [1.165, 1.54) is 0 Å². The van der Waals surface area contributed by atoms with Gasteiger partial charge in [0.1, 0.15) is 0 Å². The Morgan fingerprint density at radius 2 is 0.286 bits per heavy atom. The summed E-state index contributed by atoms with van der Waals surface area (Å²) in [7, 11) is 0. The summed E-state index contributed by atoms with van der Waals surface area (Å²) >= 11 is 0. The molecule has 0 amide bonds. The molecule has 0 rings (SSSR count). The summed E-state index contributed by atoms with van der Waals surface area (Å²) in [4.78, 5) is 0. The van der Waals surface area contributed by atoms with Crippen molar-refractivity contribution in [2.75, 3.05) is 0 Å². The summed E-state index contributed by atoms with van der Waals surface area (Å²) in [5.74, 6) is 0. The van der Waals surface area contributed by atoms with Gasteiger partial charge in [0, 0.05) is 19.5 Å². The normalized spacial score (nSPS) is 0. The van der Waals surface area contributed by atoms with Crippen LogP contribution in [0.4, 0.5) is 0 Å². The van der Waals surface area contributed by atoms with Crippen LogP contribution in [0.25, 0.3) is 0 Å². The van der Waals surface area contributed by atoms with E-state index < -0.39 is 0 Å². The van der Waals surface area contributed by atoms with Crippen molar-refractivity contribution in [1.82, 2.24) is 0 Å². The molecule has 7 heavy (non-hydrogen) atoms. The molecule has 0 heterocycles. The number of hydrogen-bond acceptors (Lipinski definition) is 0. The Kier molecular flexibility index (Phi) is 368000. The summed E-state index contributed by atoms with van der Waals surface area (Å²) in [5.41, 5.74) is 0. The fraction of sp³-hybridized carbons (Fsp3) is 0. The van der Waals surface area contributed by atoms with Crippen molar-refractivity contribution in [3.63, 3.8) is 0 Å². The van der Waals surface area contributed by atoms with Crippen molar-refractivity contribution in [3.05, 3.63) is 0 Å².